The summed E-state index contributed by atoms with van der Waals surface area (Å²) < 4.78 is 10.9. The van der Waals surface area contributed by atoms with Crippen molar-refractivity contribution in [1.82, 2.24) is 0 Å². The monoisotopic (exact) mass is 235 g/mol. The van der Waals surface area contributed by atoms with E-state index in [4.69, 9.17) is 15.2 Å². The van der Waals surface area contributed by atoms with E-state index in [0.29, 0.717) is 5.92 Å². The smallest absolute Gasteiger partial charge is 0.119 e. The van der Waals surface area contributed by atoms with E-state index in [-0.39, 0.29) is 12.1 Å². The fourth-order valence-electron chi connectivity index (χ4n) is 2.50. The highest BCUT2D eigenvalue weighted by atomic mass is 16.5. The predicted octanol–water partition coefficient (Wildman–Crippen LogP) is 2.43. The number of rotatable bonds is 3. The maximum atomic E-state index is 6.32. The van der Waals surface area contributed by atoms with Gasteiger partial charge in [-0.3, -0.25) is 0 Å². The molecule has 3 nitrogen and oxygen atoms in total. The Morgan fingerprint density at radius 2 is 2.24 bits per heavy atom. The van der Waals surface area contributed by atoms with E-state index in [1.807, 2.05) is 18.2 Å². The molecule has 0 bridgehead atoms. The molecule has 3 heteroatoms. The summed E-state index contributed by atoms with van der Waals surface area (Å²) in [6, 6.07) is 5.99. The fourth-order valence-corrected chi connectivity index (χ4v) is 2.50. The van der Waals surface area contributed by atoms with Crippen LogP contribution in [0.15, 0.2) is 18.2 Å². The van der Waals surface area contributed by atoms with Crippen LogP contribution in [-0.4, -0.2) is 19.8 Å². The standard InChI is InChI=1S/C14H21NO2/c1-9-6-7-17-14(9)13(15)12-5-4-11(16-3)8-10(12)2/h4-5,8-9,13-14H,6-7,15H2,1-3H3. The van der Waals surface area contributed by atoms with Gasteiger partial charge in [0.2, 0.25) is 0 Å². The molecule has 0 spiro atoms. The number of benzene rings is 1. The third-order valence-corrected chi connectivity index (χ3v) is 3.63. The Bertz CT molecular complexity index is 392. The van der Waals surface area contributed by atoms with Crippen molar-refractivity contribution in [3.63, 3.8) is 0 Å². The van der Waals surface area contributed by atoms with Gasteiger partial charge >= 0.3 is 0 Å². The maximum Gasteiger partial charge on any atom is 0.119 e. The fraction of sp³-hybridized carbons (Fsp3) is 0.571. The average molecular weight is 235 g/mol. The van der Waals surface area contributed by atoms with E-state index in [9.17, 15) is 0 Å². The van der Waals surface area contributed by atoms with Crippen LogP contribution in [0.3, 0.4) is 0 Å². The third-order valence-electron chi connectivity index (χ3n) is 3.63. The quantitative estimate of drug-likeness (QED) is 0.875. The van der Waals surface area contributed by atoms with Crippen LogP contribution in [-0.2, 0) is 4.74 Å². The molecule has 1 aliphatic rings. The summed E-state index contributed by atoms with van der Waals surface area (Å²) in [6.45, 7) is 5.10. The second kappa shape index (κ2) is 5.07. The zero-order chi connectivity index (χ0) is 12.4. The molecule has 1 aromatic carbocycles. The second-order valence-electron chi connectivity index (χ2n) is 4.85. The first kappa shape index (κ1) is 12.4. The van der Waals surface area contributed by atoms with Gasteiger partial charge in [-0.05, 0) is 42.5 Å². The molecule has 1 saturated heterocycles. The largest absolute Gasteiger partial charge is 0.497 e. The van der Waals surface area contributed by atoms with Crippen molar-refractivity contribution in [2.75, 3.05) is 13.7 Å². The lowest BCUT2D eigenvalue weighted by molar-refractivity contribution is 0.0723. The van der Waals surface area contributed by atoms with Crippen molar-refractivity contribution in [3.8, 4) is 5.75 Å². The Morgan fingerprint density at radius 3 is 2.76 bits per heavy atom. The summed E-state index contributed by atoms with van der Waals surface area (Å²) in [6.07, 6.45) is 1.25. The number of methoxy groups -OCH3 is 1. The number of nitrogens with two attached hydrogens (primary N) is 1. The van der Waals surface area contributed by atoms with Crippen LogP contribution in [0.1, 0.15) is 30.5 Å². The molecule has 3 unspecified atom stereocenters. The Labute approximate surface area is 103 Å². The van der Waals surface area contributed by atoms with E-state index >= 15 is 0 Å². The topological polar surface area (TPSA) is 44.5 Å². The molecule has 2 N–H and O–H groups in total. The number of hydrogen-bond donors (Lipinski definition) is 1. The summed E-state index contributed by atoms with van der Waals surface area (Å²) in [5, 5.41) is 0. The summed E-state index contributed by atoms with van der Waals surface area (Å²) in [5.41, 5.74) is 8.64. The first-order chi connectivity index (χ1) is 8.13. The normalized spacial score (nSPS) is 25.9. The van der Waals surface area contributed by atoms with Crippen LogP contribution in [0.2, 0.25) is 0 Å². The zero-order valence-electron chi connectivity index (χ0n) is 10.8. The van der Waals surface area contributed by atoms with E-state index in [1.54, 1.807) is 7.11 Å². The Balaban J connectivity index is 2.21. The van der Waals surface area contributed by atoms with Gasteiger partial charge in [0.15, 0.2) is 0 Å². The molecule has 94 valence electrons. The molecule has 0 amide bonds. The summed E-state index contributed by atoms with van der Waals surface area (Å²) >= 11 is 0. The van der Waals surface area contributed by atoms with Gasteiger partial charge in [-0.1, -0.05) is 13.0 Å². The summed E-state index contributed by atoms with van der Waals surface area (Å²) in [4.78, 5) is 0. The number of ether oxygens (including phenoxy) is 2. The van der Waals surface area contributed by atoms with Gasteiger partial charge in [-0.2, -0.15) is 0 Å². The molecular weight excluding hydrogens is 214 g/mol. The van der Waals surface area contributed by atoms with Gasteiger partial charge < -0.3 is 15.2 Å². The second-order valence-corrected chi connectivity index (χ2v) is 4.85. The molecule has 3 atom stereocenters. The molecule has 0 saturated carbocycles. The van der Waals surface area contributed by atoms with Gasteiger partial charge in [0.05, 0.1) is 19.3 Å². The minimum Gasteiger partial charge on any atom is -0.497 e. The van der Waals surface area contributed by atoms with E-state index in [1.165, 1.54) is 5.56 Å². The summed E-state index contributed by atoms with van der Waals surface area (Å²) in [5.74, 6) is 1.41. The highest BCUT2D eigenvalue weighted by molar-refractivity contribution is 5.37. The van der Waals surface area contributed by atoms with Gasteiger partial charge in [0.1, 0.15) is 5.75 Å². The molecule has 0 aromatic heterocycles. The number of hydrogen-bond acceptors (Lipinski definition) is 3. The highest BCUT2D eigenvalue weighted by Crippen LogP contribution is 2.32. The minimum atomic E-state index is -0.0431. The van der Waals surface area contributed by atoms with Crippen molar-refractivity contribution < 1.29 is 9.47 Å². The van der Waals surface area contributed by atoms with Crippen LogP contribution in [0, 0.1) is 12.8 Å². The zero-order valence-corrected chi connectivity index (χ0v) is 10.8. The minimum absolute atomic E-state index is 0.0431. The molecule has 1 aromatic rings. The lowest BCUT2D eigenvalue weighted by Crippen LogP contribution is -2.30. The Hall–Kier alpha value is -1.06. The average Bonchev–Trinajstić information content (AvgIpc) is 2.74. The van der Waals surface area contributed by atoms with Crippen LogP contribution < -0.4 is 10.5 Å². The molecule has 1 heterocycles. The van der Waals surface area contributed by atoms with Gasteiger partial charge in [-0.15, -0.1) is 0 Å². The Morgan fingerprint density at radius 1 is 1.47 bits per heavy atom. The van der Waals surface area contributed by atoms with Gasteiger partial charge in [-0.25, -0.2) is 0 Å². The third kappa shape index (κ3) is 2.45. The molecule has 0 aliphatic carbocycles. The van der Waals surface area contributed by atoms with Crippen molar-refractivity contribution >= 4 is 0 Å². The summed E-state index contributed by atoms with van der Waals surface area (Å²) in [7, 11) is 1.68. The van der Waals surface area contributed by atoms with Crippen molar-refractivity contribution in [3.05, 3.63) is 29.3 Å². The lowest BCUT2D eigenvalue weighted by Gasteiger charge is -2.24. The number of aryl methyl sites for hydroxylation is 1. The van der Waals surface area contributed by atoms with Crippen molar-refractivity contribution in [1.29, 1.82) is 0 Å². The first-order valence-electron chi connectivity index (χ1n) is 6.15. The molecule has 17 heavy (non-hydrogen) atoms. The van der Waals surface area contributed by atoms with Crippen molar-refractivity contribution in [2.45, 2.75) is 32.4 Å². The molecule has 1 aliphatic heterocycles. The van der Waals surface area contributed by atoms with Crippen LogP contribution in [0.4, 0.5) is 0 Å². The highest BCUT2D eigenvalue weighted by Gasteiger charge is 2.31. The van der Waals surface area contributed by atoms with Gasteiger partial charge in [0, 0.05) is 6.61 Å². The molecule has 0 radical (unpaired) electrons. The van der Waals surface area contributed by atoms with E-state index in [0.717, 1.165) is 24.3 Å². The molecule has 2 rings (SSSR count). The maximum absolute atomic E-state index is 6.32. The lowest BCUT2D eigenvalue weighted by atomic mass is 9.91. The van der Waals surface area contributed by atoms with E-state index < -0.39 is 0 Å². The Kier molecular flexibility index (Phi) is 3.69. The van der Waals surface area contributed by atoms with E-state index in [2.05, 4.69) is 13.8 Å². The first-order valence-corrected chi connectivity index (χ1v) is 6.15. The molecule has 1 fully saturated rings. The van der Waals surface area contributed by atoms with Crippen LogP contribution in [0.5, 0.6) is 5.75 Å². The van der Waals surface area contributed by atoms with Gasteiger partial charge in [0.25, 0.3) is 0 Å². The predicted molar refractivity (Wildman–Crippen MR) is 68.2 cm³/mol. The SMILES string of the molecule is COc1ccc(C(N)C2OCCC2C)c(C)c1. The molecular formula is C14H21NO2. The van der Waals surface area contributed by atoms with Crippen LogP contribution >= 0.6 is 0 Å². The van der Waals surface area contributed by atoms with Crippen molar-refractivity contribution in [2.24, 2.45) is 11.7 Å². The van der Waals surface area contributed by atoms with Crippen LogP contribution in [0.25, 0.3) is 0 Å².